The van der Waals surface area contributed by atoms with Gasteiger partial charge in [-0.3, -0.25) is 4.79 Å². The normalized spacial score (nSPS) is 9.90. The summed E-state index contributed by atoms with van der Waals surface area (Å²) < 4.78 is 10.7. The van der Waals surface area contributed by atoms with E-state index in [2.05, 4.69) is 12.2 Å². The molecule has 0 radical (unpaired) electrons. The van der Waals surface area contributed by atoms with Gasteiger partial charge in [0.25, 0.3) is 5.91 Å². The van der Waals surface area contributed by atoms with Crippen LogP contribution in [0.2, 0.25) is 0 Å². The minimum Gasteiger partial charge on any atom is -0.482 e. The predicted molar refractivity (Wildman–Crippen MR) is 80.0 cm³/mol. The monoisotopic (exact) mass is 290 g/mol. The molecule has 0 saturated carbocycles. The van der Waals surface area contributed by atoms with Gasteiger partial charge >= 0.3 is 0 Å². The number of nitrogens with zero attached hydrogens (tertiary/aromatic N) is 1. The Hall–Kier alpha value is -2.06. The van der Waals surface area contributed by atoms with E-state index >= 15 is 0 Å². The third-order valence-corrected chi connectivity index (χ3v) is 2.80. The number of nitriles is 1. The van der Waals surface area contributed by atoms with Gasteiger partial charge in [0.05, 0.1) is 5.56 Å². The maximum Gasteiger partial charge on any atom is 0.257 e. The van der Waals surface area contributed by atoms with Crippen molar-refractivity contribution in [3.05, 3.63) is 29.8 Å². The second-order valence-electron chi connectivity index (χ2n) is 4.57. The molecule has 1 aromatic carbocycles. The minimum absolute atomic E-state index is 0.0879. The Morgan fingerprint density at radius 1 is 1.29 bits per heavy atom. The fraction of sp³-hybridized carbons (Fsp3) is 0.500. The molecule has 1 aromatic rings. The van der Waals surface area contributed by atoms with Crippen molar-refractivity contribution in [3.63, 3.8) is 0 Å². The Bertz CT molecular complexity index is 469. The van der Waals surface area contributed by atoms with Gasteiger partial charge in [0.1, 0.15) is 11.8 Å². The van der Waals surface area contributed by atoms with Crippen molar-refractivity contribution in [2.75, 3.05) is 26.4 Å². The number of unbranched alkanes of at least 4 members (excludes halogenated alkanes) is 1. The molecule has 5 heteroatoms. The van der Waals surface area contributed by atoms with Gasteiger partial charge in [0, 0.05) is 19.8 Å². The zero-order valence-electron chi connectivity index (χ0n) is 12.4. The van der Waals surface area contributed by atoms with E-state index in [1.807, 2.05) is 6.07 Å². The smallest absolute Gasteiger partial charge is 0.257 e. The number of carbonyl (C=O) groups excluding carboxylic acids is 1. The van der Waals surface area contributed by atoms with Crippen LogP contribution in [-0.2, 0) is 9.53 Å². The van der Waals surface area contributed by atoms with E-state index in [4.69, 9.17) is 14.7 Å². The molecule has 0 aliphatic heterocycles. The van der Waals surface area contributed by atoms with Crippen LogP contribution in [0.5, 0.6) is 5.75 Å². The molecule has 0 spiro atoms. The highest BCUT2D eigenvalue weighted by Crippen LogP contribution is 2.15. The van der Waals surface area contributed by atoms with Crippen LogP contribution < -0.4 is 10.1 Å². The molecule has 21 heavy (non-hydrogen) atoms. The quantitative estimate of drug-likeness (QED) is 0.671. The summed E-state index contributed by atoms with van der Waals surface area (Å²) >= 11 is 0. The van der Waals surface area contributed by atoms with Crippen molar-refractivity contribution < 1.29 is 14.3 Å². The lowest BCUT2D eigenvalue weighted by molar-refractivity contribution is -0.123. The number of benzene rings is 1. The zero-order chi connectivity index (χ0) is 15.3. The number of carbonyl (C=O) groups is 1. The van der Waals surface area contributed by atoms with Crippen molar-refractivity contribution in [2.45, 2.75) is 26.2 Å². The van der Waals surface area contributed by atoms with Gasteiger partial charge in [0.15, 0.2) is 6.61 Å². The van der Waals surface area contributed by atoms with Crippen LogP contribution in [0.25, 0.3) is 0 Å². The molecular formula is C16H22N2O3. The third-order valence-electron chi connectivity index (χ3n) is 2.80. The highest BCUT2D eigenvalue weighted by Gasteiger charge is 2.05. The average Bonchev–Trinajstić information content (AvgIpc) is 2.52. The standard InChI is InChI=1S/C16H22N2O3/c1-2-3-10-20-11-6-9-18-16(19)13-21-15-8-5-4-7-14(15)12-17/h4-5,7-8H,2-3,6,9-11,13H2,1H3,(H,18,19). The molecule has 0 saturated heterocycles. The first-order valence-electron chi connectivity index (χ1n) is 7.24. The maximum absolute atomic E-state index is 11.6. The molecule has 1 N–H and O–H groups in total. The van der Waals surface area contributed by atoms with E-state index in [0.717, 1.165) is 25.9 Å². The highest BCUT2D eigenvalue weighted by molar-refractivity contribution is 5.77. The lowest BCUT2D eigenvalue weighted by Gasteiger charge is -2.08. The van der Waals surface area contributed by atoms with Crippen molar-refractivity contribution >= 4 is 5.91 Å². The Kier molecular flexibility index (Phi) is 8.65. The summed E-state index contributed by atoms with van der Waals surface area (Å²) in [6.07, 6.45) is 2.97. The Balaban J connectivity index is 2.13. The number of hydrogen-bond acceptors (Lipinski definition) is 4. The van der Waals surface area contributed by atoms with Crippen LogP contribution in [0, 0.1) is 11.3 Å². The first kappa shape index (κ1) is 17.0. The molecule has 0 unspecified atom stereocenters. The fourth-order valence-corrected chi connectivity index (χ4v) is 1.63. The summed E-state index contributed by atoms with van der Waals surface area (Å²) in [7, 11) is 0. The second-order valence-corrected chi connectivity index (χ2v) is 4.57. The number of hydrogen-bond donors (Lipinski definition) is 1. The van der Waals surface area contributed by atoms with Crippen LogP contribution in [0.15, 0.2) is 24.3 Å². The largest absolute Gasteiger partial charge is 0.482 e. The van der Waals surface area contributed by atoms with Crippen LogP contribution >= 0.6 is 0 Å². The number of nitrogens with one attached hydrogen (secondary N) is 1. The van der Waals surface area contributed by atoms with E-state index in [9.17, 15) is 4.79 Å². The summed E-state index contributed by atoms with van der Waals surface area (Å²) in [5.74, 6) is 0.231. The Morgan fingerprint density at radius 2 is 2.05 bits per heavy atom. The van der Waals surface area contributed by atoms with E-state index < -0.39 is 0 Å². The molecule has 0 heterocycles. The molecule has 0 aliphatic rings. The third kappa shape index (κ3) is 7.33. The van der Waals surface area contributed by atoms with Gasteiger partial charge in [-0.1, -0.05) is 25.5 Å². The maximum atomic E-state index is 11.6. The second kappa shape index (κ2) is 10.7. The highest BCUT2D eigenvalue weighted by atomic mass is 16.5. The van der Waals surface area contributed by atoms with Crippen molar-refractivity contribution in [2.24, 2.45) is 0 Å². The molecule has 0 aliphatic carbocycles. The average molecular weight is 290 g/mol. The fourth-order valence-electron chi connectivity index (χ4n) is 1.63. The Morgan fingerprint density at radius 3 is 2.81 bits per heavy atom. The molecule has 114 valence electrons. The Labute approximate surface area is 125 Å². The van der Waals surface area contributed by atoms with Gasteiger partial charge < -0.3 is 14.8 Å². The molecule has 1 rings (SSSR count). The van der Waals surface area contributed by atoms with E-state index in [0.29, 0.717) is 24.5 Å². The van der Waals surface area contributed by atoms with Gasteiger partial charge in [-0.05, 0) is 25.0 Å². The number of rotatable bonds is 10. The summed E-state index contributed by atoms with van der Waals surface area (Å²) in [6.45, 7) is 4.02. The molecule has 0 atom stereocenters. The van der Waals surface area contributed by atoms with Crippen molar-refractivity contribution in [3.8, 4) is 11.8 Å². The van der Waals surface area contributed by atoms with E-state index in [1.54, 1.807) is 24.3 Å². The van der Waals surface area contributed by atoms with E-state index in [1.165, 1.54) is 0 Å². The topological polar surface area (TPSA) is 71.3 Å². The lowest BCUT2D eigenvalue weighted by Crippen LogP contribution is -2.30. The SMILES string of the molecule is CCCCOCCCNC(=O)COc1ccccc1C#N. The first-order chi connectivity index (χ1) is 10.3. The van der Waals surface area contributed by atoms with Crippen LogP contribution in [0.1, 0.15) is 31.7 Å². The molecule has 0 fully saturated rings. The minimum atomic E-state index is -0.198. The number of amides is 1. The van der Waals surface area contributed by atoms with Gasteiger partial charge in [0.2, 0.25) is 0 Å². The van der Waals surface area contributed by atoms with Crippen molar-refractivity contribution in [1.82, 2.24) is 5.32 Å². The van der Waals surface area contributed by atoms with Crippen molar-refractivity contribution in [1.29, 1.82) is 5.26 Å². The predicted octanol–water partition coefficient (Wildman–Crippen LogP) is 2.26. The molecule has 0 bridgehead atoms. The van der Waals surface area contributed by atoms with Gasteiger partial charge in [-0.25, -0.2) is 0 Å². The molecule has 5 nitrogen and oxygen atoms in total. The first-order valence-corrected chi connectivity index (χ1v) is 7.24. The van der Waals surface area contributed by atoms with Crippen LogP contribution in [-0.4, -0.2) is 32.3 Å². The van der Waals surface area contributed by atoms with Crippen LogP contribution in [0.3, 0.4) is 0 Å². The zero-order valence-corrected chi connectivity index (χ0v) is 12.4. The number of para-hydroxylation sites is 1. The summed E-state index contributed by atoms with van der Waals surface area (Å²) in [6, 6.07) is 8.87. The van der Waals surface area contributed by atoms with E-state index in [-0.39, 0.29) is 12.5 Å². The molecule has 1 amide bonds. The molecule has 0 aromatic heterocycles. The lowest BCUT2D eigenvalue weighted by atomic mass is 10.2. The number of ether oxygens (including phenoxy) is 2. The molecular weight excluding hydrogens is 268 g/mol. The summed E-state index contributed by atoms with van der Waals surface area (Å²) in [4.78, 5) is 11.6. The summed E-state index contributed by atoms with van der Waals surface area (Å²) in [5, 5.41) is 11.7. The van der Waals surface area contributed by atoms with Gasteiger partial charge in [-0.15, -0.1) is 0 Å². The van der Waals surface area contributed by atoms with Crippen LogP contribution in [0.4, 0.5) is 0 Å². The van der Waals surface area contributed by atoms with Gasteiger partial charge in [-0.2, -0.15) is 5.26 Å². The summed E-state index contributed by atoms with van der Waals surface area (Å²) in [5.41, 5.74) is 0.426.